The van der Waals surface area contributed by atoms with Crippen LogP contribution in [0.15, 0.2) is 72.8 Å². The molecule has 3 aromatic carbocycles. The van der Waals surface area contributed by atoms with Crippen molar-refractivity contribution in [2.45, 2.75) is 59.5 Å². The number of hydrogen-bond donors (Lipinski definition) is 1. The van der Waals surface area contributed by atoms with Gasteiger partial charge in [0.25, 0.3) is 0 Å². The Kier molecular flexibility index (Phi) is 9.24. The molecule has 3 heteroatoms. The van der Waals surface area contributed by atoms with Gasteiger partial charge in [-0.3, -0.25) is 0 Å². The summed E-state index contributed by atoms with van der Waals surface area (Å²) in [7, 11) is 0. The van der Waals surface area contributed by atoms with Gasteiger partial charge in [0.15, 0.2) is 0 Å². The van der Waals surface area contributed by atoms with E-state index in [1.54, 1.807) is 6.92 Å². The SMILES string of the molecule is C=C(C)C(=O)OCCc1cc(-c2ccc(-c3ccc(CCCCC)cc3)c(C)c2)ccc1CO. The molecule has 0 fully saturated rings. The molecule has 0 saturated heterocycles. The first-order valence-corrected chi connectivity index (χ1v) is 12.2. The fourth-order valence-corrected chi connectivity index (χ4v) is 4.17. The number of hydrogen-bond acceptors (Lipinski definition) is 3. The number of unbranched alkanes of at least 4 members (excludes halogenated alkanes) is 2. The molecule has 0 atom stereocenters. The molecule has 0 amide bonds. The van der Waals surface area contributed by atoms with E-state index in [0.717, 1.165) is 28.7 Å². The molecule has 0 aliphatic carbocycles. The van der Waals surface area contributed by atoms with E-state index in [4.69, 9.17) is 4.74 Å². The maximum Gasteiger partial charge on any atom is 0.333 e. The van der Waals surface area contributed by atoms with Crippen LogP contribution in [-0.4, -0.2) is 17.7 Å². The molecule has 0 heterocycles. The van der Waals surface area contributed by atoms with E-state index in [0.29, 0.717) is 12.0 Å². The standard InChI is InChI=1S/C31H36O3/c1-5-6-7-8-24-9-11-25(12-10-24)30-16-15-26(19-23(30)4)27-13-14-29(21-32)28(20-27)17-18-34-31(33)22(2)3/h9-16,19-20,32H,2,5-8,17-18,21H2,1,3-4H3. The molecular weight excluding hydrogens is 420 g/mol. The normalized spacial score (nSPS) is 10.8. The first-order chi connectivity index (χ1) is 16.4. The molecule has 3 nitrogen and oxygen atoms in total. The maximum atomic E-state index is 11.7. The van der Waals surface area contributed by atoms with Crippen molar-refractivity contribution < 1.29 is 14.6 Å². The average molecular weight is 457 g/mol. The number of esters is 1. The predicted molar refractivity (Wildman–Crippen MR) is 141 cm³/mol. The zero-order chi connectivity index (χ0) is 24.5. The zero-order valence-electron chi connectivity index (χ0n) is 20.7. The Morgan fingerprint density at radius 1 is 0.882 bits per heavy atom. The summed E-state index contributed by atoms with van der Waals surface area (Å²) in [5.74, 6) is -0.387. The summed E-state index contributed by atoms with van der Waals surface area (Å²) in [6, 6.07) is 21.6. The third-order valence-corrected chi connectivity index (χ3v) is 6.22. The van der Waals surface area contributed by atoms with Gasteiger partial charge in [-0.15, -0.1) is 0 Å². The molecular formula is C31H36O3. The lowest BCUT2D eigenvalue weighted by Gasteiger charge is -2.13. The Morgan fingerprint density at radius 3 is 2.21 bits per heavy atom. The van der Waals surface area contributed by atoms with E-state index in [9.17, 15) is 9.90 Å². The molecule has 0 radical (unpaired) electrons. The second-order valence-corrected chi connectivity index (χ2v) is 8.99. The number of carbonyl (C=O) groups is 1. The van der Waals surface area contributed by atoms with Crippen molar-refractivity contribution in [3.8, 4) is 22.3 Å². The smallest absolute Gasteiger partial charge is 0.333 e. The third-order valence-electron chi connectivity index (χ3n) is 6.22. The van der Waals surface area contributed by atoms with Crippen molar-refractivity contribution >= 4 is 5.97 Å². The lowest BCUT2D eigenvalue weighted by atomic mass is 9.93. The minimum Gasteiger partial charge on any atom is -0.462 e. The van der Waals surface area contributed by atoms with Crippen molar-refractivity contribution in [2.75, 3.05) is 6.61 Å². The van der Waals surface area contributed by atoms with E-state index in [1.807, 2.05) is 12.1 Å². The van der Waals surface area contributed by atoms with Crippen LogP contribution in [0.3, 0.4) is 0 Å². The Morgan fingerprint density at radius 2 is 1.56 bits per heavy atom. The number of aliphatic hydroxyl groups excluding tert-OH is 1. The number of carbonyl (C=O) groups excluding carboxylic acids is 1. The molecule has 3 rings (SSSR count). The van der Waals surface area contributed by atoms with E-state index in [-0.39, 0.29) is 19.2 Å². The average Bonchev–Trinajstić information content (AvgIpc) is 2.84. The highest BCUT2D eigenvalue weighted by atomic mass is 16.5. The van der Waals surface area contributed by atoms with Crippen LogP contribution in [0.5, 0.6) is 0 Å². The molecule has 3 aromatic rings. The van der Waals surface area contributed by atoms with Gasteiger partial charge in [0, 0.05) is 12.0 Å². The Labute approximate surface area is 204 Å². The highest BCUT2D eigenvalue weighted by Gasteiger charge is 2.10. The molecule has 0 unspecified atom stereocenters. The molecule has 0 spiro atoms. The monoisotopic (exact) mass is 456 g/mol. The number of rotatable bonds is 11. The molecule has 0 aromatic heterocycles. The van der Waals surface area contributed by atoms with Crippen LogP contribution >= 0.6 is 0 Å². The molecule has 0 bridgehead atoms. The highest BCUT2D eigenvalue weighted by molar-refractivity contribution is 5.86. The van der Waals surface area contributed by atoms with Gasteiger partial charge in [-0.05, 0) is 71.2 Å². The van der Waals surface area contributed by atoms with Gasteiger partial charge < -0.3 is 9.84 Å². The number of aryl methyl sites for hydroxylation is 2. The van der Waals surface area contributed by atoms with Crippen LogP contribution in [0.4, 0.5) is 0 Å². The summed E-state index contributed by atoms with van der Waals surface area (Å²) in [5.41, 5.74) is 9.52. The fraction of sp³-hybridized carbons (Fsp3) is 0.323. The lowest BCUT2D eigenvalue weighted by Crippen LogP contribution is -2.09. The van der Waals surface area contributed by atoms with E-state index < -0.39 is 0 Å². The molecule has 34 heavy (non-hydrogen) atoms. The predicted octanol–water partition coefficient (Wildman–Crippen LogP) is 7.22. The molecule has 0 aliphatic rings. The Bertz CT molecular complexity index is 1130. The summed E-state index contributed by atoms with van der Waals surface area (Å²) < 4.78 is 5.25. The number of ether oxygens (including phenoxy) is 1. The van der Waals surface area contributed by atoms with Crippen LogP contribution in [-0.2, 0) is 29.0 Å². The molecule has 1 N–H and O–H groups in total. The summed E-state index contributed by atoms with van der Waals surface area (Å²) >= 11 is 0. The van der Waals surface area contributed by atoms with E-state index in [2.05, 4.69) is 69.0 Å². The first kappa shape index (κ1) is 25.5. The molecule has 0 aliphatic heterocycles. The highest BCUT2D eigenvalue weighted by Crippen LogP contribution is 2.30. The van der Waals surface area contributed by atoms with Crippen molar-refractivity contribution in [1.29, 1.82) is 0 Å². The van der Waals surface area contributed by atoms with E-state index in [1.165, 1.54) is 41.5 Å². The lowest BCUT2D eigenvalue weighted by molar-refractivity contribution is -0.138. The second-order valence-electron chi connectivity index (χ2n) is 8.99. The summed E-state index contributed by atoms with van der Waals surface area (Å²) in [4.78, 5) is 11.7. The quantitative estimate of drug-likeness (QED) is 0.188. The Balaban J connectivity index is 1.77. The number of aliphatic hydroxyl groups is 1. The number of benzene rings is 3. The van der Waals surface area contributed by atoms with Crippen molar-refractivity contribution in [1.82, 2.24) is 0 Å². The van der Waals surface area contributed by atoms with Crippen LogP contribution in [0.25, 0.3) is 22.3 Å². The topological polar surface area (TPSA) is 46.5 Å². The van der Waals surface area contributed by atoms with Crippen molar-refractivity contribution in [2.24, 2.45) is 0 Å². The summed E-state index contributed by atoms with van der Waals surface area (Å²) in [5, 5.41) is 9.74. The van der Waals surface area contributed by atoms with Crippen LogP contribution in [0.1, 0.15) is 55.4 Å². The maximum absolute atomic E-state index is 11.7. The summed E-state index contributed by atoms with van der Waals surface area (Å²) in [6.07, 6.45) is 5.46. The summed E-state index contributed by atoms with van der Waals surface area (Å²) in [6.45, 7) is 9.84. The Hall–Kier alpha value is -3.17. The van der Waals surface area contributed by atoms with Gasteiger partial charge in [-0.1, -0.05) is 87.0 Å². The van der Waals surface area contributed by atoms with Gasteiger partial charge in [0.1, 0.15) is 0 Å². The van der Waals surface area contributed by atoms with Crippen LogP contribution in [0.2, 0.25) is 0 Å². The van der Waals surface area contributed by atoms with Gasteiger partial charge in [0.2, 0.25) is 0 Å². The van der Waals surface area contributed by atoms with Gasteiger partial charge in [-0.25, -0.2) is 4.79 Å². The van der Waals surface area contributed by atoms with Crippen molar-refractivity contribution in [3.05, 3.63) is 95.1 Å². The molecule has 178 valence electrons. The first-order valence-electron chi connectivity index (χ1n) is 12.2. The minimum atomic E-state index is -0.387. The second kappa shape index (κ2) is 12.3. The van der Waals surface area contributed by atoms with E-state index >= 15 is 0 Å². The zero-order valence-corrected chi connectivity index (χ0v) is 20.7. The third kappa shape index (κ3) is 6.68. The van der Waals surface area contributed by atoms with Gasteiger partial charge in [-0.2, -0.15) is 0 Å². The van der Waals surface area contributed by atoms with Crippen molar-refractivity contribution in [3.63, 3.8) is 0 Å². The van der Waals surface area contributed by atoms with Crippen LogP contribution in [0, 0.1) is 6.92 Å². The minimum absolute atomic E-state index is 0.0452. The fourth-order valence-electron chi connectivity index (χ4n) is 4.17. The van der Waals surface area contributed by atoms with Gasteiger partial charge >= 0.3 is 5.97 Å². The van der Waals surface area contributed by atoms with Gasteiger partial charge in [0.05, 0.1) is 13.2 Å². The molecule has 0 saturated carbocycles. The largest absolute Gasteiger partial charge is 0.462 e. The van der Waals surface area contributed by atoms with Crippen LogP contribution < -0.4 is 0 Å².